The van der Waals surface area contributed by atoms with Crippen LogP contribution in [-0.4, -0.2) is 57.3 Å². The zero-order chi connectivity index (χ0) is 21.9. The standard InChI is InChI=1S/C17H25ClN8O4/c18-13-12-14(23-9-22-13)26(10-24-12)7-2-1-3-8-30-17(29)25-11(15(27)28)5-4-6-21-16(19)20/h9-11H,1-8H2,(H6,19,20,21,25,27,28,29)/p+1/t11-/m1/s1. The summed E-state index contributed by atoms with van der Waals surface area (Å²) in [5, 5.41) is 11.9. The second kappa shape index (κ2) is 11.8. The maximum Gasteiger partial charge on any atom is 0.407 e. The van der Waals surface area contributed by atoms with Gasteiger partial charge in [-0.25, -0.2) is 19.1 Å². The maximum atomic E-state index is 11.8. The van der Waals surface area contributed by atoms with Crippen LogP contribution in [0.1, 0.15) is 32.1 Å². The summed E-state index contributed by atoms with van der Waals surface area (Å²) in [4.78, 5) is 38.0. The Morgan fingerprint density at radius 1 is 1.30 bits per heavy atom. The number of aliphatic imine (C=N–C) groups is 1. The highest BCUT2D eigenvalue weighted by Gasteiger charge is 2.20. The number of carboxylic acid groups (broad SMARTS) is 1. The van der Waals surface area contributed by atoms with Gasteiger partial charge in [0.2, 0.25) is 5.52 Å². The third-order valence-corrected chi connectivity index (χ3v) is 4.52. The minimum Gasteiger partial charge on any atom is -0.480 e. The van der Waals surface area contributed by atoms with Crippen molar-refractivity contribution in [2.75, 3.05) is 13.2 Å². The number of aromatic amines is 1. The number of nitrogens with one attached hydrogen (secondary N) is 2. The molecule has 0 aliphatic heterocycles. The number of unbranched alkanes of at least 4 members (excludes halogenated alkanes) is 2. The predicted octanol–water partition coefficient (Wildman–Crippen LogP) is 0.302. The van der Waals surface area contributed by atoms with Crippen LogP contribution in [0.2, 0.25) is 5.15 Å². The van der Waals surface area contributed by atoms with E-state index in [0.29, 0.717) is 23.5 Å². The monoisotopic (exact) mass is 441 g/mol. The summed E-state index contributed by atoms with van der Waals surface area (Å²) in [5.74, 6) is -1.20. The van der Waals surface area contributed by atoms with Crippen molar-refractivity contribution in [3.05, 3.63) is 17.8 Å². The molecule has 0 saturated heterocycles. The molecule has 2 aromatic heterocycles. The lowest BCUT2D eigenvalue weighted by Crippen LogP contribution is -2.41. The molecule has 0 aliphatic rings. The molecule has 1 atom stereocenters. The number of aliphatic carboxylic acids is 1. The number of amides is 1. The molecule has 2 heterocycles. The van der Waals surface area contributed by atoms with Crippen molar-refractivity contribution in [3.63, 3.8) is 0 Å². The van der Waals surface area contributed by atoms with E-state index in [2.05, 4.69) is 25.3 Å². The molecule has 13 heteroatoms. The molecule has 0 spiro atoms. The van der Waals surface area contributed by atoms with Crippen LogP contribution in [0.25, 0.3) is 11.2 Å². The van der Waals surface area contributed by atoms with Crippen molar-refractivity contribution in [1.82, 2.24) is 20.3 Å². The van der Waals surface area contributed by atoms with Gasteiger partial charge in [0.25, 0.3) is 0 Å². The molecule has 0 saturated carbocycles. The van der Waals surface area contributed by atoms with Gasteiger partial charge in [0, 0.05) is 6.54 Å². The number of rotatable bonds is 12. The number of H-pyrrole nitrogens is 1. The Kier molecular flexibility index (Phi) is 9.06. The number of nitrogens with zero attached hydrogens (tertiary/aromatic N) is 4. The average Bonchev–Trinajstić information content (AvgIpc) is 3.11. The van der Waals surface area contributed by atoms with Crippen LogP contribution in [0.5, 0.6) is 0 Å². The van der Waals surface area contributed by atoms with Crippen LogP contribution >= 0.6 is 11.6 Å². The summed E-state index contributed by atoms with van der Waals surface area (Å²) in [7, 11) is 0. The van der Waals surface area contributed by atoms with E-state index in [4.69, 9.17) is 27.8 Å². The van der Waals surface area contributed by atoms with Gasteiger partial charge in [0.1, 0.15) is 6.04 Å². The Morgan fingerprint density at radius 3 is 2.83 bits per heavy atom. The van der Waals surface area contributed by atoms with E-state index >= 15 is 0 Å². The molecule has 0 aromatic carbocycles. The number of hydrogen-bond donors (Lipinski definition) is 5. The first-order chi connectivity index (χ1) is 14.4. The number of carbonyl (C=O) groups excluding carboxylic acids is 1. The summed E-state index contributed by atoms with van der Waals surface area (Å²) in [6, 6.07) is -1.06. The third-order valence-electron chi connectivity index (χ3n) is 4.23. The molecule has 7 N–H and O–H groups in total. The Hall–Kier alpha value is -3.15. The van der Waals surface area contributed by atoms with Crippen molar-refractivity contribution in [1.29, 1.82) is 0 Å². The van der Waals surface area contributed by atoms with Gasteiger partial charge in [0.05, 0.1) is 13.2 Å². The van der Waals surface area contributed by atoms with E-state index in [0.717, 1.165) is 25.0 Å². The lowest BCUT2D eigenvalue weighted by Gasteiger charge is -2.14. The first-order valence-corrected chi connectivity index (χ1v) is 9.84. The zero-order valence-electron chi connectivity index (χ0n) is 16.4. The van der Waals surface area contributed by atoms with E-state index in [1.807, 2.05) is 4.57 Å². The van der Waals surface area contributed by atoms with E-state index in [1.54, 1.807) is 6.33 Å². The molecule has 0 aliphatic carbocycles. The second-order valence-corrected chi connectivity index (χ2v) is 6.87. The molecule has 2 aromatic rings. The van der Waals surface area contributed by atoms with Gasteiger partial charge >= 0.3 is 17.7 Å². The number of nitrogens with two attached hydrogens (primary N) is 2. The molecule has 2 rings (SSSR count). The third kappa shape index (κ3) is 7.35. The highest BCUT2D eigenvalue weighted by molar-refractivity contribution is 6.33. The minimum absolute atomic E-state index is 0.0607. The Balaban J connectivity index is 1.63. The number of halogens is 1. The number of ether oxygens (including phenoxy) is 1. The lowest BCUT2D eigenvalue weighted by atomic mass is 10.1. The molecular formula is C17H26ClN8O4+. The van der Waals surface area contributed by atoms with Gasteiger partial charge in [-0.05, 0) is 32.1 Å². The normalized spacial score (nSPS) is 11.8. The van der Waals surface area contributed by atoms with E-state index in [9.17, 15) is 14.7 Å². The quantitative estimate of drug-likeness (QED) is 0.102. The second-order valence-electron chi connectivity index (χ2n) is 6.51. The van der Waals surface area contributed by atoms with Gasteiger partial charge in [-0.2, -0.15) is 0 Å². The average molecular weight is 442 g/mol. The number of hydrogen-bond acceptors (Lipinski definition) is 6. The number of guanidine groups is 1. The topological polar surface area (TPSA) is 185 Å². The Morgan fingerprint density at radius 2 is 2.10 bits per heavy atom. The minimum atomic E-state index is -1.14. The molecular weight excluding hydrogens is 416 g/mol. The van der Waals surface area contributed by atoms with Crippen molar-refractivity contribution in [2.45, 2.75) is 44.7 Å². The number of aryl methyl sites for hydroxylation is 1. The molecule has 0 unspecified atom stereocenters. The molecule has 0 fully saturated rings. The Bertz CT molecular complexity index is 884. The maximum absolute atomic E-state index is 11.8. The lowest BCUT2D eigenvalue weighted by molar-refractivity contribution is -0.673. The summed E-state index contributed by atoms with van der Waals surface area (Å²) in [6.07, 6.45) is 5.34. The molecule has 164 valence electrons. The summed E-state index contributed by atoms with van der Waals surface area (Å²) >= 11 is 6.00. The number of aromatic nitrogens is 4. The number of fused-ring (bicyclic) bond motifs is 1. The van der Waals surface area contributed by atoms with Crippen LogP contribution in [0.3, 0.4) is 0 Å². The van der Waals surface area contributed by atoms with E-state index in [1.165, 1.54) is 6.33 Å². The first kappa shape index (κ1) is 23.1. The van der Waals surface area contributed by atoms with Crippen molar-refractivity contribution in [3.8, 4) is 0 Å². The van der Waals surface area contributed by atoms with Gasteiger partial charge in [-0.1, -0.05) is 16.6 Å². The fourth-order valence-corrected chi connectivity index (χ4v) is 2.92. The van der Waals surface area contributed by atoms with E-state index < -0.39 is 18.1 Å². The fraction of sp³-hybridized carbons (Fsp3) is 0.529. The predicted molar refractivity (Wildman–Crippen MR) is 109 cm³/mol. The van der Waals surface area contributed by atoms with Gasteiger partial charge < -0.3 is 26.6 Å². The Labute approximate surface area is 177 Å². The van der Waals surface area contributed by atoms with Gasteiger partial charge in [-0.15, -0.1) is 0 Å². The van der Waals surface area contributed by atoms with E-state index in [-0.39, 0.29) is 25.5 Å². The number of carbonyl (C=O) groups is 2. The van der Waals surface area contributed by atoms with Crippen LogP contribution < -0.4 is 21.4 Å². The van der Waals surface area contributed by atoms with Crippen LogP contribution in [-0.2, 0) is 16.1 Å². The number of imidazole rings is 1. The van der Waals surface area contributed by atoms with Crippen LogP contribution in [0, 0.1) is 0 Å². The summed E-state index contributed by atoms with van der Waals surface area (Å²) in [5.41, 5.74) is 11.8. The highest BCUT2D eigenvalue weighted by atomic mass is 35.5. The number of alkyl carbamates (subject to hydrolysis) is 1. The van der Waals surface area contributed by atoms with Crippen molar-refractivity contribution >= 4 is 40.8 Å². The largest absolute Gasteiger partial charge is 0.480 e. The van der Waals surface area contributed by atoms with Crippen LogP contribution in [0.15, 0.2) is 17.6 Å². The molecule has 0 bridgehead atoms. The van der Waals surface area contributed by atoms with Crippen molar-refractivity contribution in [2.24, 2.45) is 16.5 Å². The van der Waals surface area contributed by atoms with Crippen molar-refractivity contribution < 1.29 is 24.0 Å². The SMILES string of the molecule is NC(N)=NCCC[C@@H](NC(=O)OCCCCC[n+]1c[nH]c2c(Cl)ncnc21)C(=O)O. The molecule has 30 heavy (non-hydrogen) atoms. The van der Waals surface area contributed by atoms with Gasteiger partial charge in [-0.3, -0.25) is 9.98 Å². The number of carboxylic acids is 1. The molecule has 12 nitrogen and oxygen atoms in total. The highest BCUT2D eigenvalue weighted by Crippen LogP contribution is 2.13. The molecule has 0 radical (unpaired) electrons. The zero-order valence-corrected chi connectivity index (χ0v) is 17.1. The van der Waals surface area contributed by atoms with Crippen LogP contribution in [0.4, 0.5) is 4.79 Å². The molecule has 1 amide bonds. The van der Waals surface area contributed by atoms with Gasteiger partial charge in [0.15, 0.2) is 23.8 Å². The first-order valence-electron chi connectivity index (χ1n) is 9.47. The smallest absolute Gasteiger partial charge is 0.407 e. The fourth-order valence-electron chi connectivity index (χ4n) is 2.74. The summed E-state index contributed by atoms with van der Waals surface area (Å²) < 4.78 is 7.00. The summed E-state index contributed by atoms with van der Waals surface area (Å²) in [6.45, 7) is 1.20.